The standard InChI is InChI=1S/C41H40O8S2/c1-30-8-12-33(13-9-30)41-40(38-21-18-36(28-39(38)50-41)47-29-32-6-4-3-5-7-32)49-35-16-14-34(15-17-35)46-26-24-44-22-23-45-25-27-48-51(42,43)37-19-10-31(2)11-20-37/h3-21,28H,22-27,29H2,1-2H3. The Balaban J connectivity index is 0.969. The molecule has 6 rings (SSSR count). The molecule has 0 spiro atoms. The molecule has 264 valence electrons. The Hall–Kier alpha value is -4.71. The molecule has 0 saturated heterocycles. The van der Waals surface area contributed by atoms with Gasteiger partial charge in [0.25, 0.3) is 10.1 Å². The molecule has 6 aromatic rings. The van der Waals surface area contributed by atoms with Gasteiger partial charge in [-0.15, -0.1) is 11.3 Å². The van der Waals surface area contributed by atoms with Gasteiger partial charge in [-0.05, 0) is 79.6 Å². The molecular weight excluding hydrogens is 685 g/mol. The highest BCUT2D eigenvalue weighted by molar-refractivity contribution is 7.86. The molecular formula is C41H40O8S2. The minimum Gasteiger partial charge on any atom is -0.491 e. The van der Waals surface area contributed by atoms with Crippen LogP contribution in [0.15, 0.2) is 126 Å². The summed E-state index contributed by atoms with van der Waals surface area (Å²) >= 11 is 1.68. The van der Waals surface area contributed by atoms with Gasteiger partial charge in [-0.1, -0.05) is 77.9 Å². The van der Waals surface area contributed by atoms with Crippen LogP contribution in [0.1, 0.15) is 16.7 Å². The molecule has 5 aromatic carbocycles. The van der Waals surface area contributed by atoms with E-state index < -0.39 is 10.1 Å². The number of benzene rings is 5. The Labute approximate surface area is 303 Å². The van der Waals surface area contributed by atoms with Crippen molar-refractivity contribution in [3.63, 3.8) is 0 Å². The lowest BCUT2D eigenvalue weighted by atomic mass is 10.1. The molecule has 10 heteroatoms. The highest BCUT2D eigenvalue weighted by Crippen LogP contribution is 2.47. The smallest absolute Gasteiger partial charge is 0.297 e. The van der Waals surface area contributed by atoms with Gasteiger partial charge in [0, 0.05) is 10.1 Å². The maximum atomic E-state index is 12.2. The average Bonchev–Trinajstić information content (AvgIpc) is 3.50. The van der Waals surface area contributed by atoms with Crippen LogP contribution >= 0.6 is 11.3 Å². The van der Waals surface area contributed by atoms with Crippen LogP contribution in [-0.4, -0.2) is 48.1 Å². The van der Waals surface area contributed by atoms with Crippen molar-refractivity contribution in [1.82, 2.24) is 0 Å². The van der Waals surface area contributed by atoms with Crippen molar-refractivity contribution in [2.24, 2.45) is 0 Å². The van der Waals surface area contributed by atoms with Gasteiger partial charge in [0.15, 0.2) is 5.75 Å². The van der Waals surface area contributed by atoms with Crippen LogP contribution in [-0.2, 0) is 30.4 Å². The first kappa shape index (κ1) is 36.1. The molecule has 0 unspecified atom stereocenters. The lowest BCUT2D eigenvalue weighted by Gasteiger charge is -2.11. The molecule has 0 amide bonds. The number of aryl methyl sites for hydroxylation is 2. The fourth-order valence-corrected chi connectivity index (χ4v) is 7.17. The van der Waals surface area contributed by atoms with Gasteiger partial charge in [0.1, 0.15) is 30.5 Å². The van der Waals surface area contributed by atoms with Crippen LogP contribution in [0.3, 0.4) is 0 Å². The van der Waals surface area contributed by atoms with Crippen LogP contribution in [0, 0.1) is 13.8 Å². The molecule has 1 heterocycles. The minimum atomic E-state index is -3.80. The molecule has 0 aliphatic carbocycles. The zero-order valence-corrected chi connectivity index (χ0v) is 30.2. The zero-order valence-electron chi connectivity index (χ0n) is 28.6. The number of ether oxygens (including phenoxy) is 5. The molecule has 0 atom stereocenters. The second-order valence-electron chi connectivity index (χ2n) is 11.8. The monoisotopic (exact) mass is 724 g/mol. The van der Waals surface area contributed by atoms with E-state index in [0.29, 0.717) is 44.5 Å². The van der Waals surface area contributed by atoms with Gasteiger partial charge >= 0.3 is 0 Å². The van der Waals surface area contributed by atoms with Gasteiger partial charge in [-0.25, -0.2) is 0 Å². The molecule has 0 N–H and O–H groups in total. The maximum Gasteiger partial charge on any atom is 0.297 e. The van der Waals surface area contributed by atoms with Crippen molar-refractivity contribution in [2.45, 2.75) is 25.3 Å². The molecule has 51 heavy (non-hydrogen) atoms. The minimum absolute atomic E-state index is 0.0694. The van der Waals surface area contributed by atoms with Crippen LogP contribution in [0.5, 0.6) is 23.0 Å². The molecule has 0 saturated carbocycles. The summed E-state index contributed by atoms with van der Waals surface area (Å²) in [5.74, 6) is 3.01. The zero-order chi connectivity index (χ0) is 35.5. The molecule has 1 aromatic heterocycles. The fourth-order valence-electron chi connectivity index (χ4n) is 5.12. The van der Waals surface area contributed by atoms with E-state index in [4.69, 9.17) is 27.9 Å². The number of fused-ring (bicyclic) bond motifs is 1. The van der Waals surface area contributed by atoms with E-state index in [0.717, 1.165) is 43.2 Å². The van der Waals surface area contributed by atoms with E-state index in [1.54, 1.807) is 23.5 Å². The lowest BCUT2D eigenvalue weighted by Crippen LogP contribution is -2.14. The molecule has 0 fully saturated rings. The highest BCUT2D eigenvalue weighted by Gasteiger charge is 2.18. The summed E-state index contributed by atoms with van der Waals surface area (Å²) in [5, 5.41) is 1.02. The Bertz CT molecular complexity index is 2090. The SMILES string of the molecule is Cc1ccc(-c2sc3cc(OCc4ccccc4)ccc3c2Oc2ccc(OCCOCCOCCOS(=O)(=O)c3ccc(C)cc3)cc2)cc1. The van der Waals surface area contributed by atoms with E-state index in [1.165, 1.54) is 17.7 Å². The van der Waals surface area contributed by atoms with Crippen LogP contribution < -0.4 is 14.2 Å². The Morgan fingerprint density at radius 3 is 1.90 bits per heavy atom. The fraction of sp³-hybridized carbons (Fsp3) is 0.220. The first-order valence-corrected chi connectivity index (χ1v) is 18.9. The van der Waals surface area contributed by atoms with Gasteiger partial charge in [0.05, 0.1) is 42.8 Å². The number of hydrogen-bond acceptors (Lipinski definition) is 9. The topological polar surface area (TPSA) is 89.5 Å². The predicted octanol–water partition coefficient (Wildman–Crippen LogP) is 9.37. The molecule has 0 radical (unpaired) electrons. The largest absolute Gasteiger partial charge is 0.491 e. The quantitative estimate of drug-likeness (QED) is 0.0640. The molecule has 0 bridgehead atoms. The Kier molecular flexibility index (Phi) is 12.4. The summed E-state index contributed by atoms with van der Waals surface area (Å²) in [4.78, 5) is 1.17. The average molecular weight is 725 g/mol. The molecule has 0 aliphatic heterocycles. The van der Waals surface area contributed by atoms with Crippen molar-refractivity contribution in [1.29, 1.82) is 0 Å². The first-order valence-electron chi connectivity index (χ1n) is 16.7. The summed E-state index contributed by atoms with van der Waals surface area (Å²) in [7, 11) is -3.80. The number of rotatable bonds is 18. The van der Waals surface area contributed by atoms with E-state index in [9.17, 15) is 8.42 Å². The van der Waals surface area contributed by atoms with E-state index in [-0.39, 0.29) is 18.1 Å². The second-order valence-corrected chi connectivity index (χ2v) is 14.5. The predicted molar refractivity (Wildman–Crippen MR) is 201 cm³/mol. The number of hydrogen-bond donors (Lipinski definition) is 0. The number of thiophene rings is 1. The Morgan fingerprint density at radius 1 is 0.588 bits per heavy atom. The van der Waals surface area contributed by atoms with Crippen LogP contribution in [0.4, 0.5) is 0 Å². The highest BCUT2D eigenvalue weighted by atomic mass is 32.2. The third kappa shape index (κ3) is 10.2. The van der Waals surface area contributed by atoms with Crippen molar-refractivity contribution < 1.29 is 36.3 Å². The third-order valence-electron chi connectivity index (χ3n) is 7.87. The summed E-state index contributed by atoms with van der Waals surface area (Å²) in [6.07, 6.45) is 0. The normalized spacial score (nSPS) is 11.5. The van der Waals surface area contributed by atoms with Gasteiger partial charge in [0.2, 0.25) is 0 Å². The summed E-state index contributed by atoms with van der Waals surface area (Å²) in [6.45, 7) is 5.93. The summed E-state index contributed by atoms with van der Waals surface area (Å²) in [6, 6.07) is 38.8. The molecule has 8 nitrogen and oxygen atoms in total. The van der Waals surface area contributed by atoms with Crippen molar-refractivity contribution in [3.8, 4) is 33.4 Å². The van der Waals surface area contributed by atoms with Crippen LogP contribution in [0.25, 0.3) is 20.5 Å². The third-order valence-corrected chi connectivity index (χ3v) is 10.4. The Morgan fingerprint density at radius 2 is 1.20 bits per heavy atom. The van der Waals surface area contributed by atoms with E-state index in [1.807, 2.05) is 55.5 Å². The summed E-state index contributed by atoms with van der Waals surface area (Å²) in [5.41, 5.74) is 4.38. The van der Waals surface area contributed by atoms with Crippen molar-refractivity contribution in [2.75, 3.05) is 39.6 Å². The van der Waals surface area contributed by atoms with E-state index >= 15 is 0 Å². The van der Waals surface area contributed by atoms with Gasteiger partial charge in [-0.2, -0.15) is 8.42 Å². The van der Waals surface area contributed by atoms with Crippen LogP contribution in [0.2, 0.25) is 0 Å². The van der Waals surface area contributed by atoms with Crippen molar-refractivity contribution >= 4 is 31.5 Å². The first-order chi connectivity index (χ1) is 24.8. The second kappa shape index (κ2) is 17.5. The molecule has 0 aliphatic rings. The van der Waals surface area contributed by atoms with E-state index in [2.05, 4.69) is 55.5 Å². The maximum absolute atomic E-state index is 12.2. The van der Waals surface area contributed by atoms with Gasteiger partial charge in [-0.3, -0.25) is 4.18 Å². The van der Waals surface area contributed by atoms with Gasteiger partial charge < -0.3 is 23.7 Å². The lowest BCUT2D eigenvalue weighted by molar-refractivity contribution is 0.0279. The summed E-state index contributed by atoms with van der Waals surface area (Å²) < 4.78 is 60.1. The van der Waals surface area contributed by atoms with Crippen molar-refractivity contribution in [3.05, 3.63) is 138 Å².